The first-order valence-corrected chi connectivity index (χ1v) is 6.52. The van der Waals surface area contributed by atoms with E-state index in [2.05, 4.69) is 23.9 Å². The van der Waals surface area contributed by atoms with Crippen LogP contribution in [0.2, 0.25) is 0 Å². The van der Waals surface area contributed by atoms with Gasteiger partial charge in [0.25, 0.3) is 0 Å². The van der Waals surface area contributed by atoms with E-state index in [4.69, 9.17) is 5.11 Å². The molecule has 1 aromatic rings. The molecule has 1 fully saturated rings. The number of pyridine rings is 1. The molecule has 0 spiro atoms. The van der Waals surface area contributed by atoms with Gasteiger partial charge in [-0.1, -0.05) is 19.8 Å². The summed E-state index contributed by atoms with van der Waals surface area (Å²) in [6.45, 7) is 2.28. The van der Waals surface area contributed by atoms with E-state index in [0.29, 0.717) is 12.0 Å². The Labute approximate surface area is 108 Å². The van der Waals surface area contributed by atoms with E-state index >= 15 is 0 Å². The maximum absolute atomic E-state index is 10.8. The molecule has 0 radical (unpaired) electrons. The van der Waals surface area contributed by atoms with E-state index in [1.807, 2.05) is 0 Å². The number of aromatic carboxylic acids is 1. The van der Waals surface area contributed by atoms with Gasteiger partial charge in [0, 0.05) is 19.3 Å². The zero-order valence-electron chi connectivity index (χ0n) is 11.0. The van der Waals surface area contributed by atoms with E-state index < -0.39 is 5.97 Å². The number of nitrogens with zero attached hydrogens (tertiary/aromatic N) is 2. The minimum atomic E-state index is -0.928. The van der Waals surface area contributed by atoms with Gasteiger partial charge in [-0.2, -0.15) is 0 Å². The largest absolute Gasteiger partial charge is 0.478 e. The third kappa shape index (κ3) is 2.63. The average Bonchev–Trinajstić information content (AvgIpc) is 2.38. The Morgan fingerprint density at radius 1 is 1.39 bits per heavy atom. The van der Waals surface area contributed by atoms with Gasteiger partial charge in [-0.15, -0.1) is 0 Å². The summed E-state index contributed by atoms with van der Waals surface area (Å²) in [5.74, 6) is 0.603. The molecule has 4 nitrogen and oxygen atoms in total. The highest BCUT2D eigenvalue weighted by Crippen LogP contribution is 2.29. The molecule has 2 unspecified atom stereocenters. The summed E-state index contributed by atoms with van der Waals surface area (Å²) in [7, 11) is 2.05. The van der Waals surface area contributed by atoms with E-state index in [1.54, 1.807) is 12.1 Å². The van der Waals surface area contributed by atoms with Crippen LogP contribution in [0, 0.1) is 5.92 Å². The molecule has 0 aliphatic heterocycles. The second kappa shape index (κ2) is 5.38. The Kier molecular flexibility index (Phi) is 3.84. The molecule has 1 N–H and O–H groups in total. The fraction of sp³-hybridized carbons (Fsp3) is 0.571. The molecule has 1 aliphatic rings. The number of hydrogen-bond donors (Lipinski definition) is 1. The van der Waals surface area contributed by atoms with Gasteiger partial charge in [-0.3, -0.25) is 0 Å². The van der Waals surface area contributed by atoms with Crippen molar-refractivity contribution in [3.63, 3.8) is 0 Å². The maximum atomic E-state index is 10.8. The van der Waals surface area contributed by atoms with Gasteiger partial charge in [-0.25, -0.2) is 9.78 Å². The third-order valence-corrected chi connectivity index (χ3v) is 3.92. The number of aromatic nitrogens is 1. The van der Waals surface area contributed by atoms with Crippen LogP contribution in [0.3, 0.4) is 0 Å². The first kappa shape index (κ1) is 12.9. The summed E-state index contributed by atoms with van der Waals surface area (Å²) in [6.07, 6.45) is 6.48. The van der Waals surface area contributed by atoms with E-state index in [9.17, 15) is 4.79 Å². The SMILES string of the molecule is CC1CCCCC1N(C)c1ccc(C(=O)O)cn1. The van der Waals surface area contributed by atoms with Gasteiger partial charge in [0.1, 0.15) is 5.82 Å². The second-order valence-corrected chi connectivity index (χ2v) is 5.15. The molecule has 2 rings (SSSR count). The van der Waals surface area contributed by atoms with Crippen LogP contribution in [-0.4, -0.2) is 29.1 Å². The lowest BCUT2D eigenvalue weighted by Gasteiger charge is -2.37. The Bertz CT molecular complexity index is 416. The van der Waals surface area contributed by atoms with Gasteiger partial charge in [0.2, 0.25) is 0 Å². The van der Waals surface area contributed by atoms with Gasteiger partial charge in [0.05, 0.1) is 5.56 Å². The molecule has 98 valence electrons. The molecule has 0 bridgehead atoms. The van der Waals surface area contributed by atoms with Crippen LogP contribution in [0.5, 0.6) is 0 Å². The van der Waals surface area contributed by atoms with Crippen molar-refractivity contribution in [1.82, 2.24) is 4.98 Å². The Morgan fingerprint density at radius 3 is 2.67 bits per heavy atom. The highest BCUT2D eigenvalue weighted by Gasteiger charge is 2.25. The first-order chi connectivity index (χ1) is 8.59. The summed E-state index contributed by atoms with van der Waals surface area (Å²) in [6, 6.07) is 3.93. The second-order valence-electron chi connectivity index (χ2n) is 5.15. The lowest BCUT2D eigenvalue weighted by Crippen LogP contribution is -2.39. The number of carboxylic acid groups (broad SMARTS) is 1. The topological polar surface area (TPSA) is 53.4 Å². The lowest BCUT2D eigenvalue weighted by molar-refractivity contribution is 0.0696. The van der Waals surface area contributed by atoms with Crippen LogP contribution in [0.25, 0.3) is 0 Å². The Morgan fingerprint density at radius 2 is 2.11 bits per heavy atom. The number of anilines is 1. The predicted molar refractivity (Wildman–Crippen MR) is 71.0 cm³/mol. The van der Waals surface area contributed by atoms with Crippen LogP contribution >= 0.6 is 0 Å². The van der Waals surface area contributed by atoms with Crippen LogP contribution in [0.15, 0.2) is 18.3 Å². The molecule has 1 aromatic heterocycles. The lowest BCUT2D eigenvalue weighted by atomic mass is 9.85. The first-order valence-electron chi connectivity index (χ1n) is 6.52. The fourth-order valence-electron chi connectivity index (χ4n) is 2.76. The summed E-state index contributed by atoms with van der Waals surface area (Å²) in [5.41, 5.74) is 0.240. The monoisotopic (exact) mass is 248 g/mol. The highest BCUT2D eigenvalue weighted by atomic mass is 16.4. The third-order valence-electron chi connectivity index (χ3n) is 3.92. The van der Waals surface area contributed by atoms with Crippen molar-refractivity contribution in [1.29, 1.82) is 0 Å². The minimum Gasteiger partial charge on any atom is -0.478 e. The zero-order chi connectivity index (χ0) is 13.1. The van der Waals surface area contributed by atoms with E-state index in [0.717, 1.165) is 5.82 Å². The van der Waals surface area contributed by atoms with Crippen LogP contribution in [0.1, 0.15) is 43.0 Å². The van der Waals surface area contributed by atoms with Crippen molar-refractivity contribution in [3.8, 4) is 0 Å². The quantitative estimate of drug-likeness (QED) is 0.893. The maximum Gasteiger partial charge on any atom is 0.337 e. The predicted octanol–water partition coefficient (Wildman–Crippen LogP) is 2.79. The molecule has 2 atom stereocenters. The summed E-state index contributed by atoms with van der Waals surface area (Å²) >= 11 is 0. The number of rotatable bonds is 3. The summed E-state index contributed by atoms with van der Waals surface area (Å²) in [4.78, 5) is 17.2. The standard InChI is InChI=1S/C14H20N2O2/c1-10-5-3-4-6-12(10)16(2)13-8-7-11(9-15-13)14(17)18/h7-10,12H,3-6H2,1-2H3,(H,17,18). The number of carbonyl (C=O) groups is 1. The smallest absolute Gasteiger partial charge is 0.337 e. The summed E-state index contributed by atoms with van der Waals surface area (Å²) < 4.78 is 0. The van der Waals surface area contributed by atoms with Gasteiger partial charge < -0.3 is 10.0 Å². The van der Waals surface area contributed by atoms with Gasteiger partial charge >= 0.3 is 5.97 Å². The molecule has 0 saturated heterocycles. The van der Waals surface area contributed by atoms with Crippen molar-refractivity contribution < 1.29 is 9.90 Å². The molecule has 1 aliphatic carbocycles. The molecule has 1 heterocycles. The Balaban J connectivity index is 2.12. The fourth-order valence-corrected chi connectivity index (χ4v) is 2.76. The number of carboxylic acids is 1. The molecule has 0 amide bonds. The van der Waals surface area contributed by atoms with Crippen LogP contribution in [-0.2, 0) is 0 Å². The molecule has 1 saturated carbocycles. The van der Waals surface area contributed by atoms with Crippen molar-refractivity contribution >= 4 is 11.8 Å². The summed E-state index contributed by atoms with van der Waals surface area (Å²) in [5, 5.41) is 8.85. The Hall–Kier alpha value is -1.58. The normalized spacial score (nSPS) is 23.7. The minimum absolute atomic E-state index is 0.240. The molecular weight excluding hydrogens is 228 g/mol. The van der Waals surface area contributed by atoms with Crippen molar-refractivity contribution in [2.24, 2.45) is 5.92 Å². The van der Waals surface area contributed by atoms with Crippen LogP contribution in [0.4, 0.5) is 5.82 Å². The molecule has 18 heavy (non-hydrogen) atoms. The number of hydrogen-bond acceptors (Lipinski definition) is 3. The van der Waals surface area contributed by atoms with E-state index in [-0.39, 0.29) is 5.56 Å². The highest BCUT2D eigenvalue weighted by molar-refractivity contribution is 5.87. The van der Waals surface area contributed by atoms with Crippen molar-refractivity contribution in [3.05, 3.63) is 23.9 Å². The average molecular weight is 248 g/mol. The van der Waals surface area contributed by atoms with Crippen molar-refractivity contribution in [2.75, 3.05) is 11.9 Å². The van der Waals surface area contributed by atoms with Crippen molar-refractivity contribution in [2.45, 2.75) is 38.6 Å². The van der Waals surface area contributed by atoms with Gasteiger partial charge in [0.15, 0.2) is 0 Å². The van der Waals surface area contributed by atoms with Gasteiger partial charge in [-0.05, 0) is 30.9 Å². The zero-order valence-corrected chi connectivity index (χ0v) is 11.0. The molecule has 0 aromatic carbocycles. The molecule has 4 heteroatoms. The van der Waals surface area contributed by atoms with E-state index in [1.165, 1.54) is 31.9 Å². The molecular formula is C14H20N2O2. The van der Waals surface area contributed by atoms with Crippen LogP contribution < -0.4 is 4.90 Å².